The third-order valence-corrected chi connectivity index (χ3v) is 3.58. The molecular formula is C20H23NO3. The van der Waals surface area contributed by atoms with E-state index in [9.17, 15) is 4.79 Å². The van der Waals surface area contributed by atoms with Crippen LogP contribution in [0.5, 0.6) is 11.5 Å². The number of carbonyl (C=O) groups excluding carboxylic acids is 1. The first kappa shape index (κ1) is 17.6. The van der Waals surface area contributed by atoms with Crippen molar-refractivity contribution in [2.24, 2.45) is 0 Å². The number of allylic oxidation sites excluding steroid dienone is 1. The number of carbonyl (C=O) groups is 1. The van der Waals surface area contributed by atoms with Crippen molar-refractivity contribution in [3.05, 3.63) is 59.7 Å². The minimum Gasteiger partial charge on any atom is -0.493 e. The van der Waals surface area contributed by atoms with Crippen LogP contribution in [0.2, 0.25) is 0 Å². The molecule has 0 saturated heterocycles. The van der Waals surface area contributed by atoms with Gasteiger partial charge in [0.05, 0.1) is 13.7 Å². The average Bonchev–Trinajstić information content (AvgIpc) is 2.60. The molecule has 0 fully saturated rings. The highest BCUT2D eigenvalue weighted by molar-refractivity contribution is 6.07. The fraction of sp³-hybridized carbons (Fsp3) is 0.250. The SMILES string of the molecule is CCOc1ccc(/C=C/C(=O)c2ccc(N(C)C)cc2)cc1OC. The fourth-order valence-corrected chi connectivity index (χ4v) is 2.25. The summed E-state index contributed by atoms with van der Waals surface area (Å²) in [5, 5.41) is 0. The summed E-state index contributed by atoms with van der Waals surface area (Å²) in [5.74, 6) is 1.32. The molecule has 0 spiro atoms. The highest BCUT2D eigenvalue weighted by atomic mass is 16.5. The van der Waals surface area contributed by atoms with Gasteiger partial charge in [-0.2, -0.15) is 0 Å². The van der Waals surface area contributed by atoms with Gasteiger partial charge in [-0.1, -0.05) is 12.1 Å². The zero-order valence-corrected chi connectivity index (χ0v) is 14.6. The van der Waals surface area contributed by atoms with Gasteiger partial charge in [0.1, 0.15) is 0 Å². The van der Waals surface area contributed by atoms with E-state index in [2.05, 4.69) is 0 Å². The summed E-state index contributed by atoms with van der Waals surface area (Å²) in [7, 11) is 5.54. The maximum absolute atomic E-state index is 12.3. The first-order valence-corrected chi connectivity index (χ1v) is 7.85. The van der Waals surface area contributed by atoms with Crippen LogP contribution >= 0.6 is 0 Å². The van der Waals surface area contributed by atoms with Gasteiger partial charge < -0.3 is 14.4 Å². The largest absolute Gasteiger partial charge is 0.493 e. The molecule has 2 rings (SSSR count). The lowest BCUT2D eigenvalue weighted by Crippen LogP contribution is -2.08. The van der Waals surface area contributed by atoms with E-state index in [1.807, 2.05) is 68.4 Å². The Bertz CT molecular complexity index is 718. The van der Waals surface area contributed by atoms with Crippen LogP contribution in [0.1, 0.15) is 22.8 Å². The third-order valence-electron chi connectivity index (χ3n) is 3.58. The van der Waals surface area contributed by atoms with E-state index in [0.717, 1.165) is 11.3 Å². The van der Waals surface area contributed by atoms with E-state index in [1.165, 1.54) is 0 Å². The van der Waals surface area contributed by atoms with E-state index in [1.54, 1.807) is 19.3 Å². The summed E-state index contributed by atoms with van der Waals surface area (Å²) in [6, 6.07) is 13.1. The van der Waals surface area contributed by atoms with E-state index in [0.29, 0.717) is 23.7 Å². The van der Waals surface area contributed by atoms with Crippen LogP contribution < -0.4 is 14.4 Å². The Morgan fingerprint density at radius 3 is 2.38 bits per heavy atom. The van der Waals surface area contributed by atoms with Crippen molar-refractivity contribution in [1.82, 2.24) is 0 Å². The van der Waals surface area contributed by atoms with Crippen LogP contribution in [0.4, 0.5) is 5.69 Å². The Hall–Kier alpha value is -2.75. The van der Waals surface area contributed by atoms with Gasteiger partial charge in [-0.05, 0) is 55.0 Å². The molecule has 0 unspecified atom stereocenters. The average molecular weight is 325 g/mol. The van der Waals surface area contributed by atoms with Crippen LogP contribution in [0.3, 0.4) is 0 Å². The summed E-state index contributed by atoms with van der Waals surface area (Å²) >= 11 is 0. The number of benzene rings is 2. The first-order valence-electron chi connectivity index (χ1n) is 7.85. The van der Waals surface area contributed by atoms with Gasteiger partial charge >= 0.3 is 0 Å². The van der Waals surface area contributed by atoms with Crippen LogP contribution in [-0.2, 0) is 0 Å². The van der Waals surface area contributed by atoms with Gasteiger partial charge in [0, 0.05) is 25.3 Å². The number of nitrogens with zero attached hydrogens (tertiary/aromatic N) is 1. The molecule has 4 heteroatoms. The topological polar surface area (TPSA) is 38.8 Å². The van der Waals surface area contributed by atoms with Crippen molar-refractivity contribution in [3.63, 3.8) is 0 Å². The monoisotopic (exact) mass is 325 g/mol. The second-order valence-corrected chi connectivity index (χ2v) is 5.48. The van der Waals surface area contributed by atoms with Crippen LogP contribution in [0.25, 0.3) is 6.08 Å². The predicted octanol–water partition coefficient (Wildman–Crippen LogP) is 4.06. The molecular weight excluding hydrogens is 302 g/mol. The molecule has 0 aliphatic rings. The molecule has 0 amide bonds. The minimum atomic E-state index is -0.0341. The summed E-state index contributed by atoms with van der Waals surface area (Å²) in [4.78, 5) is 14.3. The van der Waals surface area contributed by atoms with E-state index in [4.69, 9.17) is 9.47 Å². The molecule has 0 radical (unpaired) electrons. The highest BCUT2D eigenvalue weighted by Crippen LogP contribution is 2.28. The van der Waals surface area contributed by atoms with Gasteiger partial charge in [0.25, 0.3) is 0 Å². The first-order chi connectivity index (χ1) is 11.5. The maximum atomic E-state index is 12.3. The number of methoxy groups -OCH3 is 1. The molecule has 126 valence electrons. The van der Waals surface area contributed by atoms with Crippen LogP contribution in [0, 0.1) is 0 Å². The second kappa shape index (κ2) is 8.20. The molecule has 0 heterocycles. The highest BCUT2D eigenvalue weighted by Gasteiger charge is 2.05. The molecule has 0 aliphatic heterocycles. The third kappa shape index (κ3) is 4.38. The van der Waals surface area contributed by atoms with E-state index < -0.39 is 0 Å². The normalized spacial score (nSPS) is 10.7. The number of hydrogen-bond acceptors (Lipinski definition) is 4. The number of anilines is 1. The van der Waals surface area contributed by atoms with Crippen molar-refractivity contribution in [2.75, 3.05) is 32.7 Å². The number of ether oxygens (including phenoxy) is 2. The lowest BCUT2D eigenvalue weighted by atomic mass is 10.1. The Kier molecular flexibility index (Phi) is 6.01. The summed E-state index contributed by atoms with van der Waals surface area (Å²) in [6.45, 7) is 2.50. The van der Waals surface area contributed by atoms with Gasteiger partial charge in [-0.15, -0.1) is 0 Å². The van der Waals surface area contributed by atoms with Crippen LogP contribution in [0.15, 0.2) is 48.5 Å². The zero-order valence-electron chi connectivity index (χ0n) is 14.6. The Morgan fingerprint density at radius 2 is 1.79 bits per heavy atom. The van der Waals surface area contributed by atoms with Gasteiger partial charge in [-0.3, -0.25) is 4.79 Å². The Balaban J connectivity index is 2.13. The molecule has 0 aliphatic carbocycles. The maximum Gasteiger partial charge on any atom is 0.185 e. The lowest BCUT2D eigenvalue weighted by Gasteiger charge is -2.12. The molecule has 0 bridgehead atoms. The molecule has 4 nitrogen and oxygen atoms in total. The quantitative estimate of drug-likeness (QED) is 0.568. The summed E-state index contributed by atoms with van der Waals surface area (Å²) < 4.78 is 10.8. The molecule has 2 aromatic carbocycles. The second-order valence-electron chi connectivity index (χ2n) is 5.48. The van der Waals surface area contributed by atoms with Gasteiger partial charge in [0.2, 0.25) is 0 Å². The van der Waals surface area contributed by atoms with Crippen LogP contribution in [-0.4, -0.2) is 33.6 Å². The molecule has 24 heavy (non-hydrogen) atoms. The molecule has 0 aromatic heterocycles. The smallest absolute Gasteiger partial charge is 0.185 e. The number of ketones is 1. The molecule has 2 aromatic rings. The van der Waals surface area contributed by atoms with Crippen molar-refractivity contribution in [1.29, 1.82) is 0 Å². The predicted molar refractivity (Wildman–Crippen MR) is 98.3 cm³/mol. The molecule has 0 atom stereocenters. The van der Waals surface area contributed by atoms with Crippen molar-refractivity contribution < 1.29 is 14.3 Å². The van der Waals surface area contributed by atoms with Crippen molar-refractivity contribution >= 4 is 17.5 Å². The number of rotatable bonds is 7. The van der Waals surface area contributed by atoms with Gasteiger partial charge in [0.15, 0.2) is 17.3 Å². The van der Waals surface area contributed by atoms with Gasteiger partial charge in [-0.25, -0.2) is 0 Å². The standard InChI is InChI=1S/C20H23NO3/c1-5-24-19-13-7-15(14-20(19)23-4)6-12-18(22)16-8-10-17(11-9-16)21(2)3/h6-14H,5H2,1-4H3/b12-6+. The Morgan fingerprint density at radius 1 is 1.08 bits per heavy atom. The summed E-state index contributed by atoms with van der Waals surface area (Å²) in [6.07, 6.45) is 3.35. The van der Waals surface area contributed by atoms with Crippen molar-refractivity contribution in [2.45, 2.75) is 6.92 Å². The van der Waals surface area contributed by atoms with E-state index >= 15 is 0 Å². The zero-order chi connectivity index (χ0) is 17.5. The lowest BCUT2D eigenvalue weighted by molar-refractivity contribution is 0.104. The van der Waals surface area contributed by atoms with E-state index in [-0.39, 0.29) is 5.78 Å². The fourth-order valence-electron chi connectivity index (χ4n) is 2.25. The summed E-state index contributed by atoms with van der Waals surface area (Å²) in [5.41, 5.74) is 2.61. The van der Waals surface area contributed by atoms with Crippen molar-refractivity contribution in [3.8, 4) is 11.5 Å². The molecule has 0 N–H and O–H groups in total. The Labute approximate surface area is 143 Å². The minimum absolute atomic E-state index is 0.0341. The number of hydrogen-bond donors (Lipinski definition) is 0. The molecule has 0 saturated carbocycles.